The summed E-state index contributed by atoms with van der Waals surface area (Å²) in [6.45, 7) is 5.83. The first-order valence-corrected chi connectivity index (χ1v) is 7.47. The number of carbonyl (C=O) groups excluding carboxylic acids is 1. The molecule has 3 nitrogen and oxygen atoms in total. The van der Waals surface area contributed by atoms with Gasteiger partial charge in [0, 0.05) is 16.1 Å². The van der Waals surface area contributed by atoms with E-state index < -0.39 is 19.7 Å². The van der Waals surface area contributed by atoms with Crippen LogP contribution in [-0.4, -0.2) is 19.5 Å². The van der Waals surface area contributed by atoms with E-state index in [1.54, 1.807) is 0 Å². The highest BCUT2D eigenvalue weighted by atomic mass is 35.7. The molecule has 2 bridgehead atoms. The van der Waals surface area contributed by atoms with E-state index in [2.05, 4.69) is 0 Å². The van der Waals surface area contributed by atoms with E-state index in [9.17, 15) is 13.2 Å². The minimum absolute atomic E-state index is 0.113. The molecule has 0 saturated heterocycles. The molecule has 2 rings (SSSR count). The number of rotatable bonds is 1. The average molecular weight is 251 g/mol. The zero-order chi connectivity index (χ0) is 11.6. The van der Waals surface area contributed by atoms with Crippen molar-refractivity contribution in [3.8, 4) is 0 Å². The standard InChI is InChI=1S/C10H15ClO3S/c1-9(2)6-4-5-10(9,3)8(12)7(6)15(11,13)14/h6-7H,4-5H2,1-3H3. The molecule has 0 aliphatic heterocycles. The fraction of sp³-hybridized carbons (Fsp3) is 0.900. The maximum Gasteiger partial charge on any atom is 0.242 e. The van der Waals surface area contributed by atoms with E-state index in [1.807, 2.05) is 20.8 Å². The fourth-order valence-electron chi connectivity index (χ4n) is 3.33. The second kappa shape index (κ2) is 2.77. The second-order valence-electron chi connectivity index (χ2n) is 5.46. The lowest BCUT2D eigenvalue weighted by Gasteiger charge is -2.32. The third-order valence-corrected chi connectivity index (χ3v) is 6.50. The third-order valence-electron chi connectivity index (χ3n) is 4.78. The van der Waals surface area contributed by atoms with E-state index in [-0.39, 0.29) is 17.1 Å². The van der Waals surface area contributed by atoms with Crippen molar-refractivity contribution in [2.24, 2.45) is 16.7 Å². The van der Waals surface area contributed by atoms with Gasteiger partial charge < -0.3 is 0 Å². The van der Waals surface area contributed by atoms with Crippen LogP contribution in [0.1, 0.15) is 33.6 Å². The SMILES string of the molecule is CC12CCC(C(S(=O)(=O)Cl)C1=O)C2(C)C. The molecule has 0 heterocycles. The van der Waals surface area contributed by atoms with E-state index in [1.165, 1.54) is 0 Å². The van der Waals surface area contributed by atoms with Crippen molar-refractivity contribution in [2.45, 2.75) is 38.9 Å². The predicted octanol–water partition coefficient (Wildman–Crippen LogP) is 1.95. The Kier molecular flexibility index (Phi) is 2.11. The molecule has 0 amide bonds. The van der Waals surface area contributed by atoms with E-state index in [0.29, 0.717) is 0 Å². The van der Waals surface area contributed by atoms with Crippen molar-refractivity contribution in [1.29, 1.82) is 0 Å². The lowest BCUT2D eigenvalue weighted by Crippen LogP contribution is -2.37. The Morgan fingerprint density at radius 1 is 1.33 bits per heavy atom. The van der Waals surface area contributed by atoms with Crippen molar-refractivity contribution in [3.05, 3.63) is 0 Å². The third kappa shape index (κ3) is 1.18. The van der Waals surface area contributed by atoms with Crippen LogP contribution in [0.5, 0.6) is 0 Å². The van der Waals surface area contributed by atoms with Gasteiger partial charge in [0.2, 0.25) is 9.05 Å². The minimum atomic E-state index is -3.77. The molecule has 3 unspecified atom stereocenters. The number of Topliss-reactive ketones (excluding diaryl/α,β-unsaturated/α-hetero) is 1. The van der Waals surface area contributed by atoms with Crippen LogP contribution < -0.4 is 0 Å². The molecule has 2 aliphatic carbocycles. The zero-order valence-corrected chi connectivity index (χ0v) is 10.7. The summed E-state index contributed by atoms with van der Waals surface area (Å²) in [7, 11) is 1.60. The van der Waals surface area contributed by atoms with Crippen molar-refractivity contribution in [2.75, 3.05) is 0 Å². The Hall–Kier alpha value is -0.0900. The number of halogens is 1. The largest absolute Gasteiger partial charge is 0.298 e. The lowest BCUT2D eigenvalue weighted by atomic mass is 9.70. The predicted molar refractivity (Wildman–Crippen MR) is 58.2 cm³/mol. The molecular formula is C10H15ClO3S. The van der Waals surface area contributed by atoms with Gasteiger partial charge in [0.15, 0.2) is 5.78 Å². The first kappa shape index (κ1) is 11.4. The van der Waals surface area contributed by atoms with Crippen LogP contribution in [0.4, 0.5) is 0 Å². The first-order valence-electron chi connectivity index (χ1n) is 5.10. The molecular weight excluding hydrogens is 236 g/mol. The Bertz CT molecular complexity index is 426. The molecule has 2 aliphatic rings. The Morgan fingerprint density at radius 3 is 2.13 bits per heavy atom. The lowest BCUT2D eigenvalue weighted by molar-refractivity contribution is -0.127. The number of fused-ring (bicyclic) bond motifs is 2. The van der Waals surface area contributed by atoms with Gasteiger partial charge in [-0.2, -0.15) is 0 Å². The zero-order valence-electron chi connectivity index (χ0n) is 9.08. The Morgan fingerprint density at radius 2 is 1.87 bits per heavy atom. The van der Waals surface area contributed by atoms with Gasteiger partial charge in [-0.1, -0.05) is 20.8 Å². The monoisotopic (exact) mass is 250 g/mol. The summed E-state index contributed by atoms with van der Waals surface area (Å²) in [4.78, 5) is 12.1. The summed E-state index contributed by atoms with van der Waals surface area (Å²) in [6.07, 6.45) is 1.57. The average Bonchev–Trinajstić information content (AvgIpc) is 2.33. The molecule has 86 valence electrons. The summed E-state index contributed by atoms with van der Waals surface area (Å²) in [5.41, 5.74) is -0.763. The van der Waals surface area contributed by atoms with Crippen LogP contribution in [-0.2, 0) is 13.8 Å². The van der Waals surface area contributed by atoms with E-state index >= 15 is 0 Å². The molecule has 0 aromatic rings. The topological polar surface area (TPSA) is 51.2 Å². The van der Waals surface area contributed by atoms with Crippen LogP contribution in [0.15, 0.2) is 0 Å². The van der Waals surface area contributed by atoms with Crippen LogP contribution >= 0.6 is 10.7 Å². The molecule has 0 radical (unpaired) electrons. The summed E-state index contributed by atoms with van der Waals surface area (Å²) in [5, 5.41) is -0.979. The van der Waals surface area contributed by atoms with Crippen LogP contribution in [0.2, 0.25) is 0 Å². The molecule has 0 N–H and O–H groups in total. The van der Waals surface area contributed by atoms with Crippen LogP contribution in [0.25, 0.3) is 0 Å². The summed E-state index contributed by atoms with van der Waals surface area (Å²) in [5.74, 6) is -0.295. The Balaban J connectivity index is 2.57. The highest BCUT2D eigenvalue weighted by Gasteiger charge is 2.69. The molecule has 2 saturated carbocycles. The smallest absolute Gasteiger partial charge is 0.242 e. The number of hydrogen-bond acceptors (Lipinski definition) is 3. The van der Waals surface area contributed by atoms with Crippen LogP contribution in [0.3, 0.4) is 0 Å². The molecule has 2 fully saturated rings. The van der Waals surface area contributed by atoms with Crippen molar-refractivity contribution < 1.29 is 13.2 Å². The molecule has 15 heavy (non-hydrogen) atoms. The maximum absolute atomic E-state index is 12.1. The van der Waals surface area contributed by atoms with E-state index in [0.717, 1.165) is 12.8 Å². The Labute approximate surface area is 94.6 Å². The molecule has 0 aromatic heterocycles. The summed E-state index contributed by atoms with van der Waals surface area (Å²) < 4.78 is 22.8. The normalized spacial score (nSPS) is 43.6. The van der Waals surface area contributed by atoms with E-state index in [4.69, 9.17) is 10.7 Å². The quantitative estimate of drug-likeness (QED) is 0.669. The van der Waals surface area contributed by atoms with Gasteiger partial charge >= 0.3 is 0 Å². The molecule has 0 spiro atoms. The highest BCUT2D eigenvalue weighted by molar-refractivity contribution is 8.14. The minimum Gasteiger partial charge on any atom is -0.298 e. The van der Waals surface area contributed by atoms with Crippen LogP contribution in [0, 0.1) is 16.7 Å². The van der Waals surface area contributed by atoms with Gasteiger partial charge in [0.1, 0.15) is 5.25 Å². The van der Waals surface area contributed by atoms with Crippen molar-refractivity contribution in [1.82, 2.24) is 0 Å². The summed E-state index contributed by atoms with van der Waals surface area (Å²) >= 11 is 0. The molecule has 0 aromatic carbocycles. The van der Waals surface area contributed by atoms with Gasteiger partial charge in [0.05, 0.1) is 0 Å². The van der Waals surface area contributed by atoms with Gasteiger partial charge in [-0.15, -0.1) is 0 Å². The molecule has 3 atom stereocenters. The maximum atomic E-state index is 12.1. The first-order chi connectivity index (χ1) is 6.62. The number of hydrogen-bond donors (Lipinski definition) is 0. The molecule has 5 heteroatoms. The number of ketones is 1. The van der Waals surface area contributed by atoms with Gasteiger partial charge in [-0.25, -0.2) is 8.42 Å². The number of carbonyl (C=O) groups is 1. The highest BCUT2D eigenvalue weighted by Crippen LogP contribution is 2.65. The van der Waals surface area contributed by atoms with Crippen molar-refractivity contribution >= 4 is 25.5 Å². The van der Waals surface area contributed by atoms with Gasteiger partial charge in [-0.3, -0.25) is 4.79 Å². The van der Waals surface area contributed by atoms with Gasteiger partial charge in [0.25, 0.3) is 0 Å². The summed E-state index contributed by atoms with van der Waals surface area (Å²) in [6, 6.07) is 0. The van der Waals surface area contributed by atoms with Crippen molar-refractivity contribution in [3.63, 3.8) is 0 Å². The van der Waals surface area contributed by atoms with Gasteiger partial charge in [-0.05, 0) is 24.2 Å². The second-order valence-corrected chi connectivity index (χ2v) is 8.21. The fourth-order valence-corrected chi connectivity index (χ4v) is 5.33.